The van der Waals surface area contributed by atoms with Crippen molar-refractivity contribution >= 4 is 16.8 Å². The summed E-state index contributed by atoms with van der Waals surface area (Å²) in [5, 5.41) is 0. The molecular formula is C17H16N2O2. The minimum absolute atomic E-state index is 0.0306. The highest BCUT2D eigenvalue weighted by Crippen LogP contribution is 2.17. The third kappa shape index (κ3) is 2.09. The molecule has 21 heavy (non-hydrogen) atoms. The van der Waals surface area contributed by atoms with Gasteiger partial charge in [-0.1, -0.05) is 23.8 Å². The Morgan fingerprint density at radius 3 is 2.29 bits per heavy atom. The number of hydrogen-bond acceptors (Lipinski definition) is 2. The van der Waals surface area contributed by atoms with Gasteiger partial charge in [-0.05, 0) is 31.2 Å². The number of aryl methyl sites for hydroxylation is 3. The fourth-order valence-corrected chi connectivity index (χ4v) is 2.60. The number of carbonyl (C=O) groups excluding carboxylic acids is 1. The van der Waals surface area contributed by atoms with E-state index < -0.39 is 0 Å². The zero-order valence-electron chi connectivity index (χ0n) is 12.3. The molecule has 0 aliphatic rings. The average molecular weight is 280 g/mol. The molecule has 0 unspecified atom stereocenters. The lowest BCUT2D eigenvalue weighted by molar-refractivity contribution is 0.103. The molecule has 0 atom stereocenters. The first-order chi connectivity index (χ1) is 9.99. The molecule has 0 fully saturated rings. The molecule has 0 aliphatic heterocycles. The van der Waals surface area contributed by atoms with Crippen LogP contribution in [0.1, 0.15) is 21.5 Å². The maximum absolute atomic E-state index is 12.6. The zero-order chi connectivity index (χ0) is 15.1. The zero-order valence-corrected chi connectivity index (χ0v) is 12.3. The van der Waals surface area contributed by atoms with Gasteiger partial charge in [0.05, 0.1) is 11.0 Å². The highest BCUT2D eigenvalue weighted by molar-refractivity contribution is 6.10. The van der Waals surface area contributed by atoms with E-state index in [-0.39, 0.29) is 11.5 Å². The van der Waals surface area contributed by atoms with Crippen molar-refractivity contribution < 1.29 is 4.79 Å². The number of aromatic nitrogens is 2. The van der Waals surface area contributed by atoms with Gasteiger partial charge in [-0.2, -0.15) is 0 Å². The van der Waals surface area contributed by atoms with Gasteiger partial charge in [-0.25, -0.2) is 4.79 Å². The Labute approximate surface area is 122 Å². The molecule has 2 aromatic carbocycles. The third-order valence-electron chi connectivity index (χ3n) is 3.81. The predicted octanol–water partition coefficient (Wildman–Crippen LogP) is 2.42. The second-order valence-corrected chi connectivity index (χ2v) is 5.30. The summed E-state index contributed by atoms with van der Waals surface area (Å²) >= 11 is 0. The standard InChI is InChI=1S/C17H16N2O2/c1-11-5-4-6-12(9-11)16(20)13-7-8-14-15(10-13)19(3)17(21)18(14)2/h4-10H,1-3H3. The molecule has 1 heterocycles. The van der Waals surface area contributed by atoms with Crippen molar-refractivity contribution in [3.63, 3.8) is 0 Å². The molecule has 0 N–H and O–H groups in total. The van der Waals surface area contributed by atoms with Gasteiger partial charge in [-0.3, -0.25) is 13.9 Å². The van der Waals surface area contributed by atoms with Crippen LogP contribution in [0.2, 0.25) is 0 Å². The smallest absolute Gasteiger partial charge is 0.295 e. The number of ketones is 1. The minimum atomic E-state index is -0.0924. The Balaban J connectivity index is 2.15. The fraction of sp³-hybridized carbons (Fsp3) is 0.176. The van der Waals surface area contributed by atoms with Crippen molar-refractivity contribution in [2.45, 2.75) is 6.92 Å². The largest absolute Gasteiger partial charge is 0.328 e. The molecule has 4 nitrogen and oxygen atoms in total. The number of benzene rings is 2. The first-order valence-electron chi connectivity index (χ1n) is 6.76. The molecule has 0 saturated heterocycles. The Morgan fingerprint density at radius 1 is 0.905 bits per heavy atom. The molecule has 0 saturated carbocycles. The molecule has 0 bridgehead atoms. The molecule has 0 radical (unpaired) electrons. The van der Waals surface area contributed by atoms with E-state index in [1.54, 1.807) is 35.4 Å². The van der Waals surface area contributed by atoms with E-state index in [1.807, 2.05) is 37.3 Å². The lowest BCUT2D eigenvalue weighted by Gasteiger charge is -2.03. The van der Waals surface area contributed by atoms with Crippen LogP contribution in [0.3, 0.4) is 0 Å². The van der Waals surface area contributed by atoms with Gasteiger partial charge in [0.1, 0.15) is 0 Å². The summed E-state index contributed by atoms with van der Waals surface area (Å²) in [6, 6.07) is 12.9. The lowest BCUT2D eigenvalue weighted by Crippen LogP contribution is -2.19. The summed E-state index contributed by atoms with van der Waals surface area (Å²) < 4.78 is 3.14. The molecule has 106 valence electrons. The van der Waals surface area contributed by atoms with E-state index in [9.17, 15) is 9.59 Å². The van der Waals surface area contributed by atoms with Crippen LogP contribution in [0.5, 0.6) is 0 Å². The Hall–Kier alpha value is -2.62. The van der Waals surface area contributed by atoms with Crippen LogP contribution in [-0.2, 0) is 14.1 Å². The number of hydrogen-bond donors (Lipinski definition) is 0. The van der Waals surface area contributed by atoms with Gasteiger partial charge in [0.25, 0.3) is 0 Å². The van der Waals surface area contributed by atoms with Crippen molar-refractivity contribution in [3.8, 4) is 0 Å². The van der Waals surface area contributed by atoms with Crippen molar-refractivity contribution in [2.75, 3.05) is 0 Å². The number of fused-ring (bicyclic) bond motifs is 1. The van der Waals surface area contributed by atoms with Gasteiger partial charge in [0, 0.05) is 25.2 Å². The minimum Gasteiger partial charge on any atom is -0.295 e. The van der Waals surface area contributed by atoms with Crippen molar-refractivity contribution in [2.24, 2.45) is 14.1 Å². The van der Waals surface area contributed by atoms with E-state index in [1.165, 1.54) is 0 Å². The van der Waals surface area contributed by atoms with Crippen LogP contribution in [0.15, 0.2) is 47.3 Å². The van der Waals surface area contributed by atoms with Crippen LogP contribution in [0.4, 0.5) is 0 Å². The maximum Gasteiger partial charge on any atom is 0.328 e. The quantitative estimate of drug-likeness (QED) is 0.677. The number of nitrogens with zero attached hydrogens (tertiary/aromatic N) is 2. The summed E-state index contributed by atoms with van der Waals surface area (Å²) in [4.78, 5) is 24.5. The summed E-state index contributed by atoms with van der Waals surface area (Å²) in [7, 11) is 3.44. The van der Waals surface area contributed by atoms with E-state index >= 15 is 0 Å². The van der Waals surface area contributed by atoms with Crippen molar-refractivity contribution in [1.82, 2.24) is 9.13 Å². The highest BCUT2D eigenvalue weighted by Gasteiger charge is 2.13. The van der Waals surface area contributed by atoms with Crippen LogP contribution in [0.25, 0.3) is 11.0 Å². The number of carbonyl (C=O) groups is 1. The highest BCUT2D eigenvalue weighted by atomic mass is 16.1. The molecule has 3 rings (SSSR count). The van der Waals surface area contributed by atoms with Crippen molar-refractivity contribution in [3.05, 3.63) is 69.6 Å². The second kappa shape index (κ2) is 4.74. The molecule has 1 aromatic heterocycles. The van der Waals surface area contributed by atoms with E-state index in [2.05, 4.69) is 0 Å². The maximum atomic E-state index is 12.6. The Bertz CT molecular complexity index is 916. The van der Waals surface area contributed by atoms with Crippen molar-refractivity contribution in [1.29, 1.82) is 0 Å². The lowest BCUT2D eigenvalue weighted by atomic mass is 10.0. The molecule has 0 amide bonds. The second-order valence-electron chi connectivity index (χ2n) is 5.30. The van der Waals surface area contributed by atoms with Gasteiger partial charge in [-0.15, -0.1) is 0 Å². The van der Waals surface area contributed by atoms with Crippen LogP contribution < -0.4 is 5.69 Å². The van der Waals surface area contributed by atoms with Crippen LogP contribution in [0, 0.1) is 6.92 Å². The molecule has 0 spiro atoms. The first-order valence-corrected chi connectivity index (χ1v) is 6.76. The molecular weight excluding hydrogens is 264 g/mol. The van der Waals surface area contributed by atoms with Crippen LogP contribution >= 0.6 is 0 Å². The normalized spacial score (nSPS) is 11.0. The van der Waals surface area contributed by atoms with Gasteiger partial charge in [0.2, 0.25) is 0 Å². The third-order valence-corrected chi connectivity index (χ3v) is 3.81. The molecule has 0 aliphatic carbocycles. The average Bonchev–Trinajstić information content (AvgIpc) is 2.71. The Kier molecular flexibility index (Phi) is 3.01. The summed E-state index contributed by atoms with van der Waals surface area (Å²) in [5.41, 5.74) is 3.80. The summed E-state index contributed by atoms with van der Waals surface area (Å²) in [5.74, 6) is -0.0306. The number of imidazole rings is 1. The van der Waals surface area contributed by atoms with Gasteiger partial charge < -0.3 is 0 Å². The van der Waals surface area contributed by atoms with Crippen LogP contribution in [-0.4, -0.2) is 14.9 Å². The summed E-state index contributed by atoms with van der Waals surface area (Å²) in [6.07, 6.45) is 0. The van der Waals surface area contributed by atoms with E-state index in [4.69, 9.17) is 0 Å². The monoisotopic (exact) mass is 280 g/mol. The Morgan fingerprint density at radius 2 is 1.57 bits per heavy atom. The van der Waals surface area contributed by atoms with Gasteiger partial charge in [0.15, 0.2) is 5.78 Å². The molecule has 3 aromatic rings. The summed E-state index contributed by atoms with van der Waals surface area (Å²) in [6.45, 7) is 1.96. The topological polar surface area (TPSA) is 44.0 Å². The molecule has 4 heteroatoms. The first kappa shape index (κ1) is 13.4. The van der Waals surface area contributed by atoms with E-state index in [0.29, 0.717) is 11.1 Å². The SMILES string of the molecule is Cc1cccc(C(=O)c2ccc3c(c2)n(C)c(=O)n3C)c1. The van der Waals surface area contributed by atoms with Gasteiger partial charge >= 0.3 is 5.69 Å². The fourth-order valence-electron chi connectivity index (χ4n) is 2.60. The predicted molar refractivity (Wildman–Crippen MR) is 82.8 cm³/mol. The van der Waals surface area contributed by atoms with E-state index in [0.717, 1.165) is 16.6 Å². The number of rotatable bonds is 2.